The summed E-state index contributed by atoms with van der Waals surface area (Å²) in [4.78, 5) is 11.8. The number of hydrogen-bond acceptors (Lipinski definition) is 6. The van der Waals surface area contributed by atoms with E-state index >= 15 is 0 Å². The van der Waals surface area contributed by atoms with Crippen LogP contribution < -0.4 is 4.90 Å². The molecule has 1 aliphatic heterocycles. The Morgan fingerprint density at radius 3 is 2.73 bits per heavy atom. The Morgan fingerprint density at radius 2 is 1.85 bits per heavy atom. The molecule has 0 N–H and O–H groups in total. The maximum Gasteiger partial charge on any atom is 0.205 e. The second kappa shape index (κ2) is 6.53. The minimum absolute atomic E-state index is 0.292. The van der Waals surface area contributed by atoms with Crippen molar-refractivity contribution < 1.29 is 4.42 Å². The molecular weight excluding hydrogens is 344 g/mol. The van der Waals surface area contributed by atoms with Crippen molar-refractivity contribution in [2.45, 2.75) is 18.8 Å². The quantitative estimate of drug-likeness (QED) is 0.527. The van der Waals surface area contributed by atoms with Crippen LogP contribution in [0.5, 0.6) is 0 Å². The molecule has 130 valence electrons. The van der Waals surface area contributed by atoms with Crippen molar-refractivity contribution in [2.24, 2.45) is 0 Å². The maximum atomic E-state index is 6.00. The van der Waals surface area contributed by atoms with Gasteiger partial charge in [-0.3, -0.25) is 0 Å². The van der Waals surface area contributed by atoms with Gasteiger partial charge in [0.25, 0.3) is 0 Å². The molecule has 5 rings (SSSR count). The summed E-state index contributed by atoms with van der Waals surface area (Å²) < 4.78 is 10.5. The summed E-state index contributed by atoms with van der Waals surface area (Å²) in [5.41, 5.74) is 2.85. The van der Waals surface area contributed by atoms with Gasteiger partial charge in [-0.15, -0.1) is 0 Å². The number of benzene rings is 2. The van der Waals surface area contributed by atoms with Crippen LogP contribution in [-0.4, -0.2) is 27.4 Å². The first kappa shape index (κ1) is 15.5. The molecule has 0 aliphatic carbocycles. The van der Waals surface area contributed by atoms with Gasteiger partial charge in [0.1, 0.15) is 5.52 Å². The highest BCUT2D eigenvalue weighted by molar-refractivity contribution is 7.09. The van der Waals surface area contributed by atoms with Crippen molar-refractivity contribution >= 4 is 27.8 Å². The molecule has 0 unspecified atom stereocenters. The molecule has 1 aliphatic rings. The van der Waals surface area contributed by atoms with Crippen LogP contribution in [0.2, 0.25) is 0 Å². The number of nitrogens with zero attached hydrogens (tertiary/aromatic N) is 4. The van der Waals surface area contributed by atoms with E-state index in [-0.39, 0.29) is 0 Å². The van der Waals surface area contributed by atoms with Gasteiger partial charge in [0, 0.05) is 30.2 Å². The van der Waals surface area contributed by atoms with Crippen molar-refractivity contribution in [1.82, 2.24) is 14.3 Å². The number of hydrogen-bond donors (Lipinski definition) is 0. The molecule has 1 atom stereocenters. The highest BCUT2D eigenvalue weighted by Gasteiger charge is 2.27. The molecule has 2 aromatic carbocycles. The van der Waals surface area contributed by atoms with E-state index in [0.717, 1.165) is 59.4 Å². The van der Waals surface area contributed by atoms with Crippen LogP contribution in [-0.2, 0) is 0 Å². The number of piperidine rings is 1. The topological polar surface area (TPSA) is 55.1 Å². The highest BCUT2D eigenvalue weighted by atomic mass is 32.1. The van der Waals surface area contributed by atoms with Crippen LogP contribution in [0.4, 0.5) is 5.13 Å². The van der Waals surface area contributed by atoms with Gasteiger partial charge in [0.15, 0.2) is 17.3 Å². The van der Waals surface area contributed by atoms with Gasteiger partial charge in [-0.1, -0.05) is 42.5 Å². The summed E-state index contributed by atoms with van der Waals surface area (Å²) in [6.45, 7) is 1.87. The van der Waals surface area contributed by atoms with Crippen LogP contribution in [0.1, 0.15) is 24.7 Å². The Hall–Kier alpha value is -2.73. The average molecular weight is 362 g/mol. The summed E-state index contributed by atoms with van der Waals surface area (Å²) in [7, 11) is 0. The third-order valence-corrected chi connectivity index (χ3v) is 5.58. The van der Waals surface area contributed by atoms with E-state index < -0.39 is 0 Å². The Labute approximate surface area is 155 Å². The van der Waals surface area contributed by atoms with E-state index in [4.69, 9.17) is 14.4 Å². The van der Waals surface area contributed by atoms with Crippen molar-refractivity contribution in [2.75, 3.05) is 18.0 Å². The smallest absolute Gasteiger partial charge is 0.205 e. The van der Waals surface area contributed by atoms with E-state index in [0.29, 0.717) is 5.92 Å². The van der Waals surface area contributed by atoms with Gasteiger partial charge in [-0.2, -0.15) is 9.36 Å². The van der Waals surface area contributed by atoms with Gasteiger partial charge >= 0.3 is 0 Å². The predicted molar refractivity (Wildman–Crippen MR) is 104 cm³/mol. The van der Waals surface area contributed by atoms with E-state index in [2.05, 4.69) is 9.27 Å². The summed E-state index contributed by atoms with van der Waals surface area (Å²) in [6.07, 6.45) is 2.19. The molecule has 6 heteroatoms. The molecule has 0 radical (unpaired) electrons. The van der Waals surface area contributed by atoms with E-state index in [1.807, 2.05) is 54.6 Å². The van der Waals surface area contributed by atoms with Gasteiger partial charge in [-0.25, -0.2) is 4.98 Å². The number of oxazole rings is 1. The monoisotopic (exact) mass is 362 g/mol. The summed E-state index contributed by atoms with van der Waals surface area (Å²) in [6, 6.07) is 18.1. The highest BCUT2D eigenvalue weighted by Crippen LogP contribution is 2.33. The average Bonchev–Trinajstić information content (AvgIpc) is 3.36. The first-order valence-electron chi connectivity index (χ1n) is 8.86. The van der Waals surface area contributed by atoms with Gasteiger partial charge in [-0.05, 0) is 25.0 Å². The lowest BCUT2D eigenvalue weighted by Crippen LogP contribution is -2.34. The molecule has 5 nitrogen and oxygen atoms in total. The van der Waals surface area contributed by atoms with Gasteiger partial charge < -0.3 is 9.32 Å². The minimum Gasteiger partial charge on any atom is -0.440 e. The number of fused-ring (bicyclic) bond motifs is 1. The fraction of sp³-hybridized carbons (Fsp3) is 0.250. The lowest BCUT2D eigenvalue weighted by Gasteiger charge is -2.30. The molecular formula is C20H18N4OS. The molecule has 1 saturated heterocycles. The van der Waals surface area contributed by atoms with E-state index in [9.17, 15) is 0 Å². The van der Waals surface area contributed by atoms with Crippen molar-refractivity contribution in [3.63, 3.8) is 0 Å². The SMILES string of the molecule is c1ccc(-c2nsc(N3CCC[C@H](c4nc5ccccc5o4)C3)n2)cc1. The first-order valence-corrected chi connectivity index (χ1v) is 9.64. The van der Waals surface area contributed by atoms with Gasteiger partial charge in [0.05, 0.1) is 5.92 Å². The Kier molecular flexibility index (Phi) is 3.90. The largest absolute Gasteiger partial charge is 0.440 e. The first-order chi connectivity index (χ1) is 12.9. The van der Waals surface area contributed by atoms with Crippen LogP contribution in [0.15, 0.2) is 59.0 Å². The van der Waals surface area contributed by atoms with Crippen molar-refractivity contribution in [3.8, 4) is 11.4 Å². The molecule has 26 heavy (non-hydrogen) atoms. The minimum atomic E-state index is 0.292. The Balaban J connectivity index is 1.38. The van der Waals surface area contributed by atoms with E-state index in [1.165, 1.54) is 11.5 Å². The van der Waals surface area contributed by atoms with Gasteiger partial charge in [0.2, 0.25) is 5.13 Å². The van der Waals surface area contributed by atoms with Crippen molar-refractivity contribution in [3.05, 3.63) is 60.5 Å². The molecule has 0 bridgehead atoms. The summed E-state index contributed by atoms with van der Waals surface area (Å²) >= 11 is 1.47. The predicted octanol–water partition coefficient (Wildman–Crippen LogP) is 4.73. The normalized spacial score (nSPS) is 17.7. The standard InChI is InChI=1S/C20H18N4OS/c1-2-7-14(8-3-1)18-22-20(26-23-18)24-12-6-9-15(13-24)19-21-16-10-4-5-11-17(16)25-19/h1-5,7-8,10-11,15H,6,9,12-13H2/t15-/m0/s1. The number of anilines is 1. The third kappa shape index (κ3) is 2.86. The second-order valence-electron chi connectivity index (χ2n) is 6.57. The number of aromatic nitrogens is 3. The fourth-order valence-electron chi connectivity index (χ4n) is 3.47. The fourth-order valence-corrected chi connectivity index (χ4v) is 4.19. The number of rotatable bonds is 3. The van der Waals surface area contributed by atoms with Crippen LogP contribution in [0.3, 0.4) is 0 Å². The van der Waals surface area contributed by atoms with Crippen molar-refractivity contribution in [1.29, 1.82) is 0 Å². The zero-order valence-corrected chi connectivity index (χ0v) is 15.0. The summed E-state index contributed by atoms with van der Waals surface area (Å²) in [5, 5.41) is 0.977. The zero-order valence-electron chi connectivity index (χ0n) is 14.2. The molecule has 0 spiro atoms. The van der Waals surface area contributed by atoms with Crippen LogP contribution in [0.25, 0.3) is 22.5 Å². The lowest BCUT2D eigenvalue weighted by molar-refractivity contribution is 0.413. The maximum absolute atomic E-state index is 6.00. The Bertz CT molecular complexity index is 993. The molecule has 0 saturated carbocycles. The number of para-hydroxylation sites is 2. The zero-order chi connectivity index (χ0) is 17.3. The van der Waals surface area contributed by atoms with E-state index in [1.54, 1.807) is 0 Å². The lowest BCUT2D eigenvalue weighted by atomic mass is 9.98. The van der Waals surface area contributed by atoms with Crippen LogP contribution in [0, 0.1) is 0 Å². The molecule has 0 amide bonds. The molecule has 1 fully saturated rings. The molecule has 4 aromatic rings. The molecule has 3 heterocycles. The molecule has 2 aromatic heterocycles. The van der Waals surface area contributed by atoms with Crippen LogP contribution >= 0.6 is 11.5 Å². The third-order valence-electron chi connectivity index (χ3n) is 4.80. The Morgan fingerprint density at radius 1 is 1.00 bits per heavy atom. The second-order valence-corrected chi connectivity index (χ2v) is 7.30. The summed E-state index contributed by atoms with van der Waals surface area (Å²) in [5.74, 6) is 1.93.